The number of hydrogen-bond donors (Lipinski definition) is 2. The highest BCUT2D eigenvalue weighted by atomic mass is 19.1. The first kappa shape index (κ1) is 26.1. The summed E-state index contributed by atoms with van der Waals surface area (Å²) in [5.74, 6) is -1.34. The zero-order valence-corrected chi connectivity index (χ0v) is 20.4. The Morgan fingerprint density at radius 1 is 1.31 bits per heavy atom. The number of primary amides is 1. The summed E-state index contributed by atoms with van der Waals surface area (Å²) in [5, 5.41) is 11.6. The Morgan fingerprint density at radius 2 is 2.00 bits per heavy atom. The lowest BCUT2D eigenvalue weighted by Gasteiger charge is -2.41. The SMILES string of the molecule is CC(C)(C)CC(N=C1NC(=O)c2ccc(F)cc21)C(=O)OC1(CCCC#N)CCN(C(N)=O)CC1. The van der Waals surface area contributed by atoms with Crippen molar-refractivity contribution in [2.24, 2.45) is 16.1 Å². The van der Waals surface area contributed by atoms with Crippen LogP contribution in [0.15, 0.2) is 23.2 Å². The number of unbranched alkanes of at least 4 members (excludes halogenated alkanes) is 1. The van der Waals surface area contributed by atoms with Gasteiger partial charge in [-0.15, -0.1) is 0 Å². The summed E-state index contributed by atoms with van der Waals surface area (Å²) in [5.41, 5.74) is 4.85. The number of halogens is 1. The van der Waals surface area contributed by atoms with Crippen LogP contribution in [0.2, 0.25) is 0 Å². The molecule has 0 spiro atoms. The van der Waals surface area contributed by atoms with Gasteiger partial charge in [-0.05, 0) is 42.9 Å². The quantitative estimate of drug-likeness (QED) is 0.451. The molecule has 2 heterocycles. The van der Waals surface area contributed by atoms with E-state index >= 15 is 0 Å². The molecule has 0 bridgehead atoms. The van der Waals surface area contributed by atoms with Gasteiger partial charge in [0.2, 0.25) is 0 Å². The highest BCUT2D eigenvalue weighted by molar-refractivity contribution is 6.23. The first-order valence-electron chi connectivity index (χ1n) is 11.8. The Balaban J connectivity index is 1.88. The van der Waals surface area contributed by atoms with Gasteiger partial charge < -0.3 is 20.7 Å². The fraction of sp³-hybridized carbons (Fsp3) is 0.560. The number of rotatable bonds is 7. The first-order chi connectivity index (χ1) is 16.4. The minimum Gasteiger partial charge on any atom is -0.457 e. The average Bonchev–Trinajstić information content (AvgIpc) is 3.07. The van der Waals surface area contributed by atoms with E-state index in [9.17, 15) is 18.8 Å². The van der Waals surface area contributed by atoms with E-state index in [4.69, 9.17) is 15.7 Å². The summed E-state index contributed by atoms with van der Waals surface area (Å²) < 4.78 is 20.0. The Labute approximate surface area is 204 Å². The van der Waals surface area contributed by atoms with Gasteiger partial charge in [0.15, 0.2) is 0 Å². The van der Waals surface area contributed by atoms with E-state index in [1.54, 1.807) is 0 Å². The number of amides is 3. The molecule has 1 unspecified atom stereocenters. The molecule has 35 heavy (non-hydrogen) atoms. The van der Waals surface area contributed by atoms with E-state index < -0.39 is 35.4 Å². The molecule has 1 aromatic carbocycles. The number of nitrogens with two attached hydrogens (primary N) is 1. The molecule has 1 fully saturated rings. The number of ether oxygens (including phenoxy) is 1. The average molecular weight is 486 g/mol. The van der Waals surface area contributed by atoms with Crippen molar-refractivity contribution < 1.29 is 23.5 Å². The van der Waals surface area contributed by atoms with Crippen molar-refractivity contribution in [3.8, 4) is 6.07 Å². The normalized spacial score (nSPS) is 19.0. The molecule has 3 amide bonds. The number of nitrogens with one attached hydrogen (secondary N) is 1. The second-order valence-electron chi connectivity index (χ2n) is 10.3. The third-order valence-electron chi connectivity index (χ3n) is 6.30. The van der Waals surface area contributed by atoms with Gasteiger partial charge in [0.1, 0.15) is 23.3 Å². The molecule has 1 atom stereocenters. The van der Waals surface area contributed by atoms with Gasteiger partial charge in [0.05, 0.1) is 11.6 Å². The van der Waals surface area contributed by atoms with E-state index in [1.807, 2.05) is 20.8 Å². The maximum Gasteiger partial charge on any atom is 0.331 e. The summed E-state index contributed by atoms with van der Waals surface area (Å²) in [4.78, 5) is 43.4. The Hall–Kier alpha value is -3.48. The highest BCUT2D eigenvalue weighted by Gasteiger charge is 2.41. The summed E-state index contributed by atoms with van der Waals surface area (Å²) in [7, 11) is 0. The monoisotopic (exact) mass is 485 g/mol. The van der Waals surface area contributed by atoms with Crippen LogP contribution >= 0.6 is 0 Å². The maximum atomic E-state index is 13.9. The second kappa shape index (κ2) is 10.4. The number of hydrogen-bond acceptors (Lipinski definition) is 6. The van der Waals surface area contributed by atoms with Crippen LogP contribution < -0.4 is 11.1 Å². The number of likely N-dealkylation sites (tertiary alicyclic amines) is 1. The molecule has 0 aliphatic carbocycles. The zero-order chi connectivity index (χ0) is 25.8. The van der Waals surface area contributed by atoms with Crippen LogP contribution in [0, 0.1) is 22.6 Å². The van der Waals surface area contributed by atoms with Crippen LogP contribution in [-0.2, 0) is 9.53 Å². The van der Waals surface area contributed by atoms with Crippen LogP contribution in [0.5, 0.6) is 0 Å². The smallest absolute Gasteiger partial charge is 0.331 e. The lowest BCUT2D eigenvalue weighted by Crippen LogP contribution is -2.51. The molecule has 0 aromatic heterocycles. The first-order valence-corrected chi connectivity index (χ1v) is 11.8. The van der Waals surface area contributed by atoms with E-state index in [0.29, 0.717) is 62.7 Å². The molecular weight excluding hydrogens is 453 g/mol. The number of aliphatic imine (C=N–C) groups is 1. The largest absolute Gasteiger partial charge is 0.457 e. The van der Waals surface area contributed by atoms with E-state index in [0.717, 1.165) is 0 Å². The van der Waals surface area contributed by atoms with Crippen LogP contribution in [0.25, 0.3) is 0 Å². The van der Waals surface area contributed by atoms with Gasteiger partial charge >= 0.3 is 12.0 Å². The number of benzene rings is 1. The van der Waals surface area contributed by atoms with E-state index in [2.05, 4.69) is 16.4 Å². The minimum atomic E-state index is -0.943. The second-order valence-corrected chi connectivity index (χ2v) is 10.3. The van der Waals surface area contributed by atoms with Crippen molar-refractivity contribution in [2.75, 3.05) is 13.1 Å². The number of carbonyl (C=O) groups excluding carboxylic acids is 3. The van der Waals surface area contributed by atoms with Gasteiger partial charge in [-0.1, -0.05) is 20.8 Å². The van der Waals surface area contributed by atoms with Gasteiger partial charge in [0, 0.05) is 37.9 Å². The van der Waals surface area contributed by atoms with Gasteiger partial charge in [-0.25, -0.2) is 14.0 Å². The number of urea groups is 1. The molecule has 0 saturated carbocycles. The number of fused-ring (bicyclic) bond motifs is 1. The fourth-order valence-corrected chi connectivity index (χ4v) is 4.48. The van der Waals surface area contributed by atoms with Crippen LogP contribution in [0.3, 0.4) is 0 Å². The summed E-state index contributed by atoms with van der Waals surface area (Å²) in [6.07, 6.45) is 2.47. The number of piperidine rings is 1. The minimum absolute atomic E-state index is 0.137. The predicted molar refractivity (Wildman–Crippen MR) is 127 cm³/mol. The zero-order valence-electron chi connectivity index (χ0n) is 20.4. The maximum absolute atomic E-state index is 13.9. The molecule has 9 nitrogen and oxygen atoms in total. The van der Waals surface area contributed by atoms with Crippen LogP contribution in [0.1, 0.15) is 75.2 Å². The molecule has 0 radical (unpaired) electrons. The molecule has 2 aliphatic heterocycles. The fourth-order valence-electron chi connectivity index (χ4n) is 4.48. The Morgan fingerprint density at radius 3 is 2.60 bits per heavy atom. The van der Waals surface area contributed by atoms with Crippen molar-refractivity contribution in [1.82, 2.24) is 10.2 Å². The van der Waals surface area contributed by atoms with E-state index in [-0.39, 0.29) is 11.3 Å². The molecule has 2 aliphatic rings. The van der Waals surface area contributed by atoms with Crippen molar-refractivity contribution >= 4 is 23.7 Å². The molecule has 3 rings (SSSR count). The summed E-state index contributed by atoms with van der Waals surface area (Å²) >= 11 is 0. The van der Waals surface area contributed by atoms with Gasteiger partial charge in [-0.2, -0.15) is 5.26 Å². The van der Waals surface area contributed by atoms with Gasteiger partial charge in [-0.3, -0.25) is 9.79 Å². The third kappa shape index (κ3) is 6.56. The lowest BCUT2D eigenvalue weighted by atomic mass is 9.85. The molecular formula is C25H32FN5O4. The number of esters is 1. The molecule has 3 N–H and O–H groups in total. The molecule has 1 aromatic rings. The highest BCUT2D eigenvalue weighted by Crippen LogP contribution is 2.34. The number of nitrogens with zero attached hydrogens (tertiary/aromatic N) is 3. The van der Waals surface area contributed by atoms with Crippen LogP contribution in [-0.4, -0.2) is 53.4 Å². The summed E-state index contributed by atoms with van der Waals surface area (Å²) in [6, 6.07) is 4.44. The van der Waals surface area contributed by atoms with Crippen molar-refractivity contribution in [3.05, 3.63) is 35.1 Å². The van der Waals surface area contributed by atoms with Crippen molar-refractivity contribution in [3.63, 3.8) is 0 Å². The topological polar surface area (TPSA) is 138 Å². The lowest BCUT2D eigenvalue weighted by molar-refractivity contribution is -0.167. The predicted octanol–water partition coefficient (Wildman–Crippen LogP) is 3.27. The van der Waals surface area contributed by atoms with Gasteiger partial charge in [0.25, 0.3) is 5.91 Å². The van der Waals surface area contributed by atoms with E-state index in [1.165, 1.54) is 23.1 Å². The third-order valence-corrected chi connectivity index (χ3v) is 6.30. The molecule has 188 valence electrons. The Kier molecular flexibility index (Phi) is 7.78. The number of amidine groups is 1. The molecule has 10 heteroatoms. The summed E-state index contributed by atoms with van der Waals surface area (Å²) in [6.45, 7) is 6.57. The standard InChI is InChI=1S/C25H32FN5O4/c1-24(2,3)15-19(29-20-18-14-16(26)6-7-17(18)21(32)30-20)22(33)35-25(8-4-5-11-27)9-12-31(13-10-25)23(28)34/h6-7,14,19H,4-5,8-10,12-13,15H2,1-3H3,(H2,28,34)(H,29,30,32). The number of nitriles is 1. The van der Waals surface area contributed by atoms with Crippen LogP contribution in [0.4, 0.5) is 9.18 Å². The number of carbonyl (C=O) groups is 3. The molecule has 1 saturated heterocycles. The Bertz CT molecular complexity index is 1060. The van der Waals surface area contributed by atoms with Crippen molar-refractivity contribution in [1.29, 1.82) is 5.26 Å². The van der Waals surface area contributed by atoms with Crippen molar-refractivity contribution in [2.45, 2.75) is 70.9 Å².